The molecule has 1 spiro atoms. The SMILES string of the molecule is [2H]N1CC2(C1)CC(F)(F)C2. The van der Waals surface area contributed by atoms with Crippen LogP contribution in [0.4, 0.5) is 8.78 Å². The van der Waals surface area contributed by atoms with Gasteiger partial charge in [0.1, 0.15) is 1.41 Å². The quantitative estimate of drug-likeness (QED) is 0.521. The summed E-state index contributed by atoms with van der Waals surface area (Å²) < 4.78 is 31.6. The minimum Gasteiger partial charge on any atom is -0.316 e. The van der Waals surface area contributed by atoms with Crippen LogP contribution in [0.3, 0.4) is 0 Å². The Balaban J connectivity index is 1.91. The van der Waals surface area contributed by atoms with Gasteiger partial charge in [0, 0.05) is 31.3 Å². The van der Waals surface area contributed by atoms with Crippen LogP contribution in [0.5, 0.6) is 0 Å². The Morgan fingerprint density at radius 2 is 1.89 bits per heavy atom. The van der Waals surface area contributed by atoms with Gasteiger partial charge in [0.2, 0.25) is 5.92 Å². The van der Waals surface area contributed by atoms with Crippen molar-refractivity contribution < 1.29 is 10.2 Å². The van der Waals surface area contributed by atoms with E-state index < -0.39 is 5.92 Å². The van der Waals surface area contributed by atoms with Gasteiger partial charge in [-0.05, 0) is 0 Å². The van der Waals surface area contributed by atoms with Gasteiger partial charge in [-0.25, -0.2) is 8.78 Å². The lowest BCUT2D eigenvalue weighted by Gasteiger charge is -2.53. The molecular weight excluding hydrogens is 124 g/mol. The van der Waals surface area contributed by atoms with E-state index in [-0.39, 0.29) is 18.3 Å². The maximum Gasteiger partial charge on any atom is 0.249 e. The Labute approximate surface area is 53.9 Å². The smallest absolute Gasteiger partial charge is 0.249 e. The van der Waals surface area contributed by atoms with Crippen LogP contribution >= 0.6 is 0 Å². The Morgan fingerprint density at radius 3 is 2.22 bits per heavy atom. The van der Waals surface area contributed by atoms with Crippen molar-refractivity contribution in [2.75, 3.05) is 13.1 Å². The summed E-state index contributed by atoms with van der Waals surface area (Å²) in [6.07, 6.45) is 0.0186. The number of hydrogen-bond donors (Lipinski definition) is 1. The predicted octanol–water partition coefficient (Wildman–Crippen LogP) is 1.01. The summed E-state index contributed by atoms with van der Waals surface area (Å²) in [4.78, 5) is 0. The molecule has 52 valence electrons. The molecule has 0 bridgehead atoms. The van der Waals surface area contributed by atoms with E-state index in [4.69, 9.17) is 1.41 Å². The van der Waals surface area contributed by atoms with Crippen molar-refractivity contribution in [1.82, 2.24) is 5.31 Å². The van der Waals surface area contributed by atoms with Gasteiger partial charge >= 0.3 is 0 Å². The van der Waals surface area contributed by atoms with Crippen LogP contribution in [0, 0.1) is 5.41 Å². The molecule has 1 nitrogen and oxygen atoms in total. The van der Waals surface area contributed by atoms with Gasteiger partial charge in [-0.15, -0.1) is 0 Å². The van der Waals surface area contributed by atoms with Crippen molar-refractivity contribution in [3.05, 3.63) is 0 Å². The Kier molecular flexibility index (Phi) is 0.658. The summed E-state index contributed by atoms with van der Waals surface area (Å²) in [7, 11) is 0. The molecule has 0 radical (unpaired) electrons. The monoisotopic (exact) mass is 134 g/mol. The highest BCUT2D eigenvalue weighted by Gasteiger charge is 2.58. The molecule has 1 heterocycles. The Hall–Kier alpha value is -0.180. The van der Waals surface area contributed by atoms with E-state index >= 15 is 0 Å². The summed E-state index contributed by atoms with van der Waals surface area (Å²) in [5, 5.41) is 1.34. The molecule has 1 aliphatic heterocycles. The number of nitrogens with one attached hydrogen (secondary N) is 1. The number of alkyl halides is 2. The van der Waals surface area contributed by atoms with Crippen LogP contribution in [0.2, 0.25) is 1.41 Å². The zero-order valence-corrected chi connectivity index (χ0v) is 5.03. The van der Waals surface area contributed by atoms with Crippen molar-refractivity contribution in [3.63, 3.8) is 0 Å². The highest BCUT2D eigenvalue weighted by atomic mass is 19.3. The van der Waals surface area contributed by atoms with Crippen molar-refractivity contribution in [2.24, 2.45) is 5.41 Å². The lowest BCUT2D eigenvalue weighted by atomic mass is 9.62. The third kappa shape index (κ3) is 0.674. The zero-order valence-electron chi connectivity index (χ0n) is 6.03. The van der Waals surface area contributed by atoms with Gasteiger partial charge < -0.3 is 5.31 Å². The molecule has 0 unspecified atom stereocenters. The molecule has 0 amide bonds. The first kappa shape index (κ1) is 4.61. The summed E-state index contributed by atoms with van der Waals surface area (Å²) in [5.41, 5.74) is -0.161. The molecule has 3 heteroatoms. The van der Waals surface area contributed by atoms with E-state index in [0.717, 1.165) is 0 Å². The van der Waals surface area contributed by atoms with E-state index in [1.807, 2.05) is 0 Å². The average Bonchev–Trinajstić information content (AvgIpc) is 1.55. The zero-order chi connectivity index (χ0) is 7.41. The first-order chi connectivity index (χ1) is 4.52. The van der Waals surface area contributed by atoms with Crippen LogP contribution in [0.15, 0.2) is 0 Å². The van der Waals surface area contributed by atoms with Crippen molar-refractivity contribution in [2.45, 2.75) is 18.8 Å². The Morgan fingerprint density at radius 1 is 1.33 bits per heavy atom. The van der Waals surface area contributed by atoms with Crippen molar-refractivity contribution in [3.8, 4) is 0 Å². The molecule has 2 rings (SSSR count). The predicted molar refractivity (Wildman–Crippen MR) is 29.5 cm³/mol. The molecule has 0 aromatic rings. The summed E-state index contributed by atoms with van der Waals surface area (Å²) in [5.74, 6) is -2.42. The normalized spacial score (nSPS) is 39.1. The highest BCUT2D eigenvalue weighted by molar-refractivity contribution is 5.06. The van der Waals surface area contributed by atoms with Crippen LogP contribution in [-0.4, -0.2) is 19.0 Å². The van der Waals surface area contributed by atoms with E-state index in [1.165, 1.54) is 5.31 Å². The van der Waals surface area contributed by atoms with E-state index in [9.17, 15) is 8.78 Å². The van der Waals surface area contributed by atoms with Crippen LogP contribution in [0.1, 0.15) is 12.8 Å². The number of hydrogen-bond acceptors (Lipinski definition) is 1. The van der Waals surface area contributed by atoms with Gasteiger partial charge in [0.25, 0.3) is 0 Å². The van der Waals surface area contributed by atoms with Gasteiger partial charge in [0.15, 0.2) is 0 Å². The molecule has 2 fully saturated rings. The largest absolute Gasteiger partial charge is 0.316 e. The molecular formula is C6H9F2N. The molecule has 1 aliphatic carbocycles. The maximum absolute atomic E-state index is 12.3. The summed E-state index contributed by atoms with van der Waals surface area (Å²) in [6, 6.07) is 0. The highest BCUT2D eigenvalue weighted by Crippen LogP contribution is 2.53. The summed E-state index contributed by atoms with van der Waals surface area (Å²) in [6.45, 7) is 1.09. The molecule has 0 aromatic heterocycles. The number of rotatable bonds is 0. The third-order valence-corrected chi connectivity index (χ3v) is 2.16. The first-order valence-corrected chi connectivity index (χ1v) is 3.13. The minimum absolute atomic E-state index is 0.00931. The van der Waals surface area contributed by atoms with Gasteiger partial charge in [0.05, 0.1) is 0 Å². The second-order valence-electron chi connectivity index (χ2n) is 3.25. The molecule has 1 saturated carbocycles. The van der Waals surface area contributed by atoms with Crippen LogP contribution in [0.25, 0.3) is 0 Å². The minimum atomic E-state index is -2.42. The second kappa shape index (κ2) is 1.29. The fourth-order valence-electron chi connectivity index (χ4n) is 1.70. The third-order valence-electron chi connectivity index (χ3n) is 2.16. The first-order valence-electron chi connectivity index (χ1n) is 3.58. The van der Waals surface area contributed by atoms with Gasteiger partial charge in [-0.2, -0.15) is 0 Å². The van der Waals surface area contributed by atoms with E-state index in [1.54, 1.807) is 0 Å². The summed E-state index contributed by atoms with van der Waals surface area (Å²) >= 11 is 0. The fourth-order valence-corrected chi connectivity index (χ4v) is 1.70. The molecule has 9 heavy (non-hydrogen) atoms. The van der Waals surface area contributed by atoms with Crippen LogP contribution < -0.4 is 5.31 Å². The van der Waals surface area contributed by atoms with Gasteiger partial charge in [-0.1, -0.05) is 0 Å². The number of halogens is 2. The topological polar surface area (TPSA) is 12.0 Å². The van der Waals surface area contributed by atoms with E-state index in [0.29, 0.717) is 13.1 Å². The molecule has 1 N–H and O–H groups in total. The van der Waals surface area contributed by atoms with Gasteiger partial charge in [-0.3, -0.25) is 0 Å². The molecule has 0 atom stereocenters. The van der Waals surface area contributed by atoms with Crippen molar-refractivity contribution in [1.29, 1.82) is 0 Å². The van der Waals surface area contributed by atoms with E-state index in [2.05, 4.69) is 0 Å². The van der Waals surface area contributed by atoms with Crippen LogP contribution in [-0.2, 0) is 0 Å². The molecule has 2 aliphatic rings. The lowest BCUT2D eigenvalue weighted by molar-refractivity contribution is -0.178. The maximum atomic E-state index is 12.3. The second-order valence-corrected chi connectivity index (χ2v) is 3.25. The molecule has 1 saturated heterocycles. The molecule has 0 aromatic carbocycles. The Bertz CT molecular complexity index is 155. The standard InChI is InChI=1S/C6H9F2N/c7-6(8)1-5(2-6)3-9-4-5/h9H,1-4H2/i/hD. The lowest BCUT2D eigenvalue weighted by Crippen LogP contribution is -2.64. The van der Waals surface area contributed by atoms with Crippen molar-refractivity contribution >= 4 is 0 Å². The average molecular weight is 134 g/mol. The fraction of sp³-hybridized carbons (Fsp3) is 1.00.